The lowest BCUT2D eigenvalue weighted by molar-refractivity contribution is -0.160. The minimum absolute atomic E-state index is 0.293. The molecule has 0 aromatic carbocycles. The van der Waals surface area contributed by atoms with Gasteiger partial charge >= 0.3 is 18.2 Å². The lowest BCUT2D eigenvalue weighted by atomic mass is 10.2. The number of rotatable bonds is 2. The van der Waals surface area contributed by atoms with Crippen molar-refractivity contribution in [2.45, 2.75) is 52.7 Å². The van der Waals surface area contributed by atoms with E-state index in [0.717, 1.165) is 0 Å². The molecule has 0 aliphatic carbocycles. The third kappa shape index (κ3) is 9.01. The number of aliphatic carboxylic acids is 1. The molecule has 1 amide bonds. The van der Waals surface area contributed by atoms with Crippen LogP contribution < -0.4 is 0 Å². The number of hydroxylamine groups is 2. The van der Waals surface area contributed by atoms with Gasteiger partial charge in [-0.25, -0.2) is 9.59 Å². The molecule has 0 aliphatic heterocycles. The summed E-state index contributed by atoms with van der Waals surface area (Å²) in [6.07, 6.45) is -2.28. The number of amides is 1. The second-order valence-electron chi connectivity index (χ2n) is 5.97. The third-order valence-electron chi connectivity index (χ3n) is 1.45. The van der Waals surface area contributed by atoms with Crippen LogP contribution in [0.25, 0.3) is 0 Å². The van der Waals surface area contributed by atoms with Crippen LogP contribution in [0.1, 0.15) is 41.5 Å². The number of ether oxygens (including phenoxy) is 2. The highest BCUT2D eigenvalue weighted by Crippen LogP contribution is 2.13. The van der Waals surface area contributed by atoms with E-state index in [4.69, 9.17) is 14.6 Å². The van der Waals surface area contributed by atoms with E-state index in [1.54, 1.807) is 41.5 Å². The standard InChI is InChI=1S/C12H21NO7/c1-11(2,3)18-9(16)13(7-8(14)15)20-10(17)19-12(4,5)6/h7H2,1-6H3,(H,14,15). The molecule has 8 heteroatoms. The molecule has 8 nitrogen and oxygen atoms in total. The summed E-state index contributed by atoms with van der Waals surface area (Å²) in [5.41, 5.74) is -1.69. The van der Waals surface area contributed by atoms with Gasteiger partial charge in [0.05, 0.1) is 0 Å². The fourth-order valence-corrected chi connectivity index (χ4v) is 0.928. The molecule has 0 aromatic rings. The summed E-state index contributed by atoms with van der Waals surface area (Å²) in [7, 11) is 0. The van der Waals surface area contributed by atoms with Crippen molar-refractivity contribution >= 4 is 18.2 Å². The number of carbonyl (C=O) groups is 3. The molecular formula is C12H21NO7. The summed E-state index contributed by atoms with van der Waals surface area (Å²) >= 11 is 0. The zero-order valence-electron chi connectivity index (χ0n) is 12.6. The highest BCUT2D eigenvalue weighted by Gasteiger charge is 2.29. The maximum atomic E-state index is 11.7. The summed E-state index contributed by atoms with van der Waals surface area (Å²) in [6, 6.07) is 0. The number of nitrogens with zero attached hydrogens (tertiary/aromatic N) is 1. The second kappa shape index (κ2) is 6.44. The van der Waals surface area contributed by atoms with Gasteiger partial charge in [-0.2, -0.15) is 0 Å². The predicted octanol–water partition coefficient (Wildman–Crippen LogP) is 2.17. The van der Waals surface area contributed by atoms with Crippen molar-refractivity contribution in [1.29, 1.82) is 0 Å². The Balaban J connectivity index is 4.77. The Hall–Kier alpha value is -1.99. The van der Waals surface area contributed by atoms with E-state index in [0.29, 0.717) is 5.06 Å². The van der Waals surface area contributed by atoms with Gasteiger partial charge in [-0.05, 0) is 41.5 Å². The first-order valence-electron chi connectivity index (χ1n) is 5.93. The van der Waals surface area contributed by atoms with Gasteiger partial charge in [0, 0.05) is 0 Å². The molecule has 0 aromatic heterocycles. The Morgan fingerprint density at radius 3 is 1.75 bits per heavy atom. The zero-order chi connectivity index (χ0) is 16.1. The highest BCUT2D eigenvalue weighted by atomic mass is 16.8. The van der Waals surface area contributed by atoms with Crippen LogP contribution in [0.4, 0.5) is 9.59 Å². The first kappa shape index (κ1) is 18.0. The van der Waals surface area contributed by atoms with Crippen molar-refractivity contribution < 1.29 is 33.8 Å². The Bertz CT molecular complexity index is 378. The molecule has 0 bridgehead atoms. The zero-order valence-corrected chi connectivity index (χ0v) is 12.6. The second-order valence-corrected chi connectivity index (χ2v) is 5.97. The number of hydrogen-bond acceptors (Lipinski definition) is 6. The summed E-state index contributed by atoms with van der Waals surface area (Å²) in [5.74, 6) is -1.36. The average molecular weight is 291 g/mol. The maximum absolute atomic E-state index is 11.7. The normalized spacial score (nSPS) is 11.5. The van der Waals surface area contributed by atoms with Gasteiger partial charge in [0.1, 0.15) is 11.2 Å². The van der Waals surface area contributed by atoms with Crippen LogP contribution in [0.15, 0.2) is 0 Å². The van der Waals surface area contributed by atoms with Crippen molar-refractivity contribution in [2.75, 3.05) is 6.54 Å². The first-order chi connectivity index (χ1) is 8.80. The summed E-state index contributed by atoms with van der Waals surface area (Å²) < 4.78 is 9.75. The van der Waals surface area contributed by atoms with E-state index in [1.165, 1.54) is 0 Å². The minimum Gasteiger partial charge on any atom is -0.480 e. The van der Waals surface area contributed by atoms with Gasteiger partial charge in [0.2, 0.25) is 0 Å². The molecule has 0 radical (unpaired) electrons. The van der Waals surface area contributed by atoms with Gasteiger partial charge in [0.15, 0.2) is 6.54 Å². The third-order valence-corrected chi connectivity index (χ3v) is 1.45. The van der Waals surface area contributed by atoms with Gasteiger partial charge in [-0.15, -0.1) is 5.06 Å². The lowest BCUT2D eigenvalue weighted by Crippen LogP contribution is -2.42. The molecule has 0 saturated carbocycles. The fourth-order valence-electron chi connectivity index (χ4n) is 0.928. The Labute approximate surface area is 117 Å². The van der Waals surface area contributed by atoms with Crippen LogP contribution in [0.5, 0.6) is 0 Å². The molecule has 20 heavy (non-hydrogen) atoms. The van der Waals surface area contributed by atoms with E-state index >= 15 is 0 Å². The summed E-state index contributed by atoms with van der Waals surface area (Å²) in [5, 5.41) is 8.99. The monoisotopic (exact) mass is 291 g/mol. The van der Waals surface area contributed by atoms with Gasteiger partial charge in [0.25, 0.3) is 0 Å². The molecule has 0 spiro atoms. The van der Waals surface area contributed by atoms with E-state index in [2.05, 4.69) is 4.84 Å². The van der Waals surface area contributed by atoms with Crippen molar-refractivity contribution in [3.8, 4) is 0 Å². The highest BCUT2D eigenvalue weighted by molar-refractivity contribution is 5.77. The van der Waals surface area contributed by atoms with E-state index in [9.17, 15) is 14.4 Å². The van der Waals surface area contributed by atoms with Crippen LogP contribution in [0, 0.1) is 0 Å². The van der Waals surface area contributed by atoms with E-state index in [-0.39, 0.29) is 0 Å². The predicted molar refractivity (Wildman–Crippen MR) is 67.9 cm³/mol. The molecule has 1 N–H and O–H groups in total. The number of hydrogen-bond donors (Lipinski definition) is 1. The van der Waals surface area contributed by atoms with Crippen LogP contribution >= 0.6 is 0 Å². The molecule has 0 atom stereocenters. The van der Waals surface area contributed by atoms with E-state index in [1.807, 2.05) is 0 Å². The van der Waals surface area contributed by atoms with E-state index < -0.39 is 36.0 Å². The Kier molecular flexibility index (Phi) is 5.80. The molecule has 0 saturated heterocycles. The number of carbonyl (C=O) groups excluding carboxylic acids is 2. The molecule has 0 aliphatic rings. The molecule has 0 heterocycles. The van der Waals surface area contributed by atoms with Gasteiger partial charge < -0.3 is 14.6 Å². The molecule has 0 unspecified atom stereocenters. The minimum atomic E-state index is -1.36. The van der Waals surface area contributed by atoms with Crippen molar-refractivity contribution in [3.05, 3.63) is 0 Å². The topological polar surface area (TPSA) is 102 Å². The lowest BCUT2D eigenvalue weighted by Gasteiger charge is -2.26. The largest absolute Gasteiger partial charge is 0.534 e. The molecule has 0 rings (SSSR count). The van der Waals surface area contributed by atoms with Gasteiger partial charge in [-0.1, -0.05) is 0 Å². The molecule has 0 fully saturated rings. The van der Waals surface area contributed by atoms with Crippen LogP contribution in [0.3, 0.4) is 0 Å². The Morgan fingerprint density at radius 2 is 1.40 bits per heavy atom. The number of carboxylic acids is 1. The van der Waals surface area contributed by atoms with Crippen LogP contribution in [-0.4, -0.2) is 46.1 Å². The Morgan fingerprint density at radius 1 is 0.950 bits per heavy atom. The summed E-state index contributed by atoms with van der Waals surface area (Å²) in [4.78, 5) is 38.4. The quantitative estimate of drug-likeness (QED) is 0.614. The SMILES string of the molecule is CC(C)(C)OC(=O)ON(CC(=O)O)C(=O)OC(C)(C)C. The fraction of sp³-hybridized carbons (Fsp3) is 0.750. The number of carboxylic acid groups (broad SMARTS) is 1. The van der Waals surface area contributed by atoms with Crippen LogP contribution in [0.2, 0.25) is 0 Å². The van der Waals surface area contributed by atoms with Crippen molar-refractivity contribution in [3.63, 3.8) is 0 Å². The maximum Gasteiger partial charge on any atom is 0.534 e. The van der Waals surface area contributed by atoms with Crippen LogP contribution in [-0.2, 0) is 19.1 Å². The smallest absolute Gasteiger partial charge is 0.480 e. The summed E-state index contributed by atoms with van der Waals surface area (Å²) in [6.45, 7) is 8.73. The average Bonchev–Trinajstić information content (AvgIpc) is 2.09. The first-order valence-corrected chi connectivity index (χ1v) is 5.93. The molecule has 116 valence electrons. The van der Waals surface area contributed by atoms with Crippen molar-refractivity contribution in [1.82, 2.24) is 5.06 Å². The van der Waals surface area contributed by atoms with Crippen molar-refractivity contribution in [2.24, 2.45) is 0 Å². The molecular weight excluding hydrogens is 270 g/mol. The van der Waals surface area contributed by atoms with Gasteiger partial charge in [-0.3, -0.25) is 9.63 Å².